The number of anilines is 1. The normalized spacial score (nSPS) is 15.7. The molecule has 1 atom stereocenters. The van der Waals surface area contributed by atoms with Crippen LogP contribution in [0.15, 0.2) is 60.7 Å². The molecule has 5 heteroatoms. The van der Waals surface area contributed by atoms with Crippen molar-refractivity contribution in [1.82, 2.24) is 4.98 Å². The summed E-state index contributed by atoms with van der Waals surface area (Å²) in [6.07, 6.45) is 0.808. The zero-order valence-electron chi connectivity index (χ0n) is 14.4. The van der Waals surface area contributed by atoms with Gasteiger partial charge in [-0.3, -0.25) is 4.79 Å². The topological polar surface area (TPSA) is 59.5 Å². The summed E-state index contributed by atoms with van der Waals surface area (Å²) in [4.78, 5) is 30.9. The second-order valence-corrected chi connectivity index (χ2v) is 6.41. The van der Waals surface area contributed by atoms with Gasteiger partial charge in [0, 0.05) is 17.1 Å². The van der Waals surface area contributed by atoms with E-state index in [9.17, 15) is 9.59 Å². The van der Waals surface area contributed by atoms with Crippen LogP contribution in [0.2, 0.25) is 0 Å². The van der Waals surface area contributed by atoms with Gasteiger partial charge in [0.05, 0.1) is 5.52 Å². The highest BCUT2D eigenvalue weighted by atomic mass is 16.5. The highest BCUT2D eigenvalue weighted by Gasteiger charge is 2.31. The quantitative estimate of drug-likeness (QED) is 0.682. The van der Waals surface area contributed by atoms with E-state index in [2.05, 4.69) is 4.98 Å². The molecule has 0 bridgehead atoms. The molecule has 26 heavy (non-hydrogen) atoms. The zero-order chi connectivity index (χ0) is 18.1. The van der Waals surface area contributed by atoms with Gasteiger partial charge in [-0.2, -0.15) is 0 Å². The van der Waals surface area contributed by atoms with E-state index in [0.717, 1.165) is 28.6 Å². The fourth-order valence-electron chi connectivity index (χ4n) is 3.40. The molecule has 1 aromatic heterocycles. The minimum Gasteiger partial charge on any atom is -0.451 e. The largest absolute Gasteiger partial charge is 0.451 e. The summed E-state index contributed by atoms with van der Waals surface area (Å²) >= 11 is 0. The van der Waals surface area contributed by atoms with Crippen LogP contribution >= 0.6 is 0 Å². The third-order valence-corrected chi connectivity index (χ3v) is 4.61. The van der Waals surface area contributed by atoms with E-state index in [1.54, 1.807) is 11.0 Å². The monoisotopic (exact) mass is 346 g/mol. The molecule has 0 radical (unpaired) electrons. The number of aromatic nitrogens is 1. The molecular formula is C21H18N2O3. The Morgan fingerprint density at radius 3 is 2.73 bits per heavy atom. The van der Waals surface area contributed by atoms with E-state index in [1.165, 1.54) is 0 Å². The SMILES string of the molecule is C[C@@H]1Cc2ccccc2N1C(=O)COC(=O)c1ccc2ccccc2n1. The Bertz CT molecular complexity index is 999. The van der Waals surface area contributed by atoms with Crippen molar-refractivity contribution in [2.24, 2.45) is 0 Å². The van der Waals surface area contributed by atoms with Gasteiger partial charge in [-0.05, 0) is 37.1 Å². The van der Waals surface area contributed by atoms with Crippen molar-refractivity contribution in [2.45, 2.75) is 19.4 Å². The molecule has 2 aromatic carbocycles. The lowest BCUT2D eigenvalue weighted by molar-refractivity contribution is -0.122. The maximum Gasteiger partial charge on any atom is 0.357 e. The van der Waals surface area contributed by atoms with Crippen LogP contribution in [0.25, 0.3) is 10.9 Å². The predicted molar refractivity (Wildman–Crippen MR) is 99.1 cm³/mol. The second kappa shape index (κ2) is 6.59. The first-order valence-electron chi connectivity index (χ1n) is 8.56. The van der Waals surface area contributed by atoms with Gasteiger partial charge < -0.3 is 9.64 Å². The molecule has 130 valence electrons. The maximum atomic E-state index is 12.6. The first kappa shape index (κ1) is 16.3. The molecule has 0 fully saturated rings. The summed E-state index contributed by atoms with van der Waals surface area (Å²) in [6.45, 7) is 1.69. The van der Waals surface area contributed by atoms with Crippen LogP contribution in [0.5, 0.6) is 0 Å². The van der Waals surface area contributed by atoms with Gasteiger partial charge in [-0.15, -0.1) is 0 Å². The van der Waals surface area contributed by atoms with Crippen molar-refractivity contribution in [3.8, 4) is 0 Å². The Morgan fingerprint density at radius 2 is 1.85 bits per heavy atom. The lowest BCUT2D eigenvalue weighted by atomic mass is 10.1. The van der Waals surface area contributed by atoms with Gasteiger partial charge in [0.2, 0.25) is 0 Å². The van der Waals surface area contributed by atoms with Gasteiger partial charge in [0.25, 0.3) is 5.91 Å². The molecule has 0 saturated carbocycles. The Labute approximate surface area is 151 Å². The number of benzene rings is 2. The molecule has 5 nitrogen and oxygen atoms in total. The van der Waals surface area contributed by atoms with E-state index in [4.69, 9.17) is 4.74 Å². The van der Waals surface area contributed by atoms with E-state index < -0.39 is 5.97 Å². The number of nitrogens with zero attached hydrogens (tertiary/aromatic N) is 2. The van der Waals surface area contributed by atoms with Crippen molar-refractivity contribution in [3.63, 3.8) is 0 Å². The minimum absolute atomic E-state index is 0.0531. The van der Waals surface area contributed by atoms with Crippen LogP contribution in [0.3, 0.4) is 0 Å². The van der Waals surface area contributed by atoms with E-state index in [1.807, 2.05) is 61.5 Å². The average Bonchev–Trinajstić information content (AvgIpc) is 3.01. The molecule has 2 heterocycles. The number of carbonyl (C=O) groups excluding carboxylic acids is 2. The van der Waals surface area contributed by atoms with Gasteiger partial charge in [0.15, 0.2) is 6.61 Å². The van der Waals surface area contributed by atoms with E-state index in [-0.39, 0.29) is 24.2 Å². The molecule has 1 aliphatic heterocycles. The summed E-state index contributed by atoms with van der Waals surface area (Å²) in [7, 11) is 0. The number of carbonyl (C=O) groups is 2. The van der Waals surface area contributed by atoms with Crippen molar-refractivity contribution in [1.29, 1.82) is 0 Å². The number of pyridine rings is 1. The molecule has 0 unspecified atom stereocenters. The molecule has 1 amide bonds. The van der Waals surface area contributed by atoms with Crippen LogP contribution in [-0.4, -0.2) is 29.5 Å². The number of esters is 1. The third kappa shape index (κ3) is 2.92. The Hall–Kier alpha value is -3.21. The Balaban J connectivity index is 1.46. The fraction of sp³-hybridized carbons (Fsp3) is 0.190. The van der Waals surface area contributed by atoms with Crippen molar-refractivity contribution in [3.05, 3.63) is 71.9 Å². The summed E-state index contributed by atoms with van der Waals surface area (Å²) in [6, 6.07) is 18.8. The molecule has 0 aliphatic carbocycles. The summed E-state index contributed by atoms with van der Waals surface area (Å²) in [5.74, 6) is -0.819. The van der Waals surface area contributed by atoms with Crippen LogP contribution in [0.4, 0.5) is 5.69 Å². The van der Waals surface area contributed by atoms with Gasteiger partial charge in [0.1, 0.15) is 5.69 Å². The number of hydrogen-bond donors (Lipinski definition) is 0. The molecule has 1 aliphatic rings. The number of amides is 1. The van der Waals surface area contributed by atoms with Crippen LogP contribution in [-0.2, 0) is 16.0 Å². The number of ether oxygens (including phenoxy) is 1. The van der Waals surface area contributed by atoms with Crippen molar-refractivity contribution < 1.29 is 14.3 Å². The third-order valence-electron chi connectivity index (χ3n) is 4.61. The van der Waals surface area contributed by atoms with E-state index >= 15 is 0 Å². The Morgan fingerprint density at radius 1 is 1.08 bits per heavy atom. The standard InChI is InChI=1S/C21H18N2O3/c1-14-12-16-7-3-5-9-19(16)23(14)20(24)13-26-21(25)18-11-10-15-6-2-4-8-17(15)22-18/h2-11,14H,12-13H2,1H3/t14-/m1/s1. The van der Waals surface area contributed by atoms with Gasteiger partial charge in [-0.25, -0.2) is 9.78 Å². The molecule has 3 aromatic rings. The maximum absolute atomic E-state index is 12.6. The summed E-state index contributed by atoms with van der Waals surface area (Å²) < 4.78 is 5.22. The summed E-state index contributed by atoms with van der Waals surface area (Å²) in [5.41, 5.74) is 2.95. The minimum atomic E-state index is -0.593. The van der Waals surface area contributed by atoms with E-state index in [0.29, 0.717) is 0 Å². The zero-order valence-corrected chi connectivity index (χ0v) is 14.4. The number of rotatable bonds is 3. The lowest BCUT2D eigenvalue weighted by Crippen LogP contribution is -2.38. The molecule has 0 saturated heterocycles. The number of hydrogen-bond acceptors (Lipinski definition) is 4. The lowest BCUT2D eigenvalue weighted by Gasteiger charge is -2.22. The molecular weight excluding hydrogens is 328 g/mol. The summed E-state index contributed by atoms with van der Waals surface area (Å²) in [5, 5.41) is 0.947. The van der Waals surface area contributed by atoms with Crippen LogP contribution < -0.4 is 4.90 Å². The number of fused-ring (bicyclic) bond motifs is 2. The highest BCUT2D eigenvalue weighted by Crippen LogP contribution is 2.31. The van der Waals surface area contributed by atoms with Crippen molar-refractivity contribution >= 4 is 28.5 Å². The molecule has 4 rings (SSSR count). The fourth-order valence-corrected chi connectivity index (χ4v) is 3.40. The van der Waals surface area contributed by atoms with Gasteiger partial charge in [-0.1, -0.05) is 42.5 Å². The van der Waals surface area contributed by atoms with Crippen molar-refractivity contribution in [2.75, 3.05) is 11.5 Å². The molecule has 0 spiro atoms. The first-order valence-corrected chi connectivity index (χ1v) is 8.56. The molecule has 0 N–H and O–H groups in total. The first-order chi connectivity index (χ1) is 12.6. The van der Waals surface area contributed by atoms with Crippen LogP contribution in [0.1, 0.15) is 23.0 Å². The average molecular weight is 346 g/mol. The smallest absolute Gasteiger partial charge is 0.357 e. The number of para-hydroxylation sites is 2. The second-order valence-electron chi connectivity index (χ2n) is 6.41. The van der Waals surface area contributed by atoms with Gasteiger partial charge >= 0.3 is 5.97 Å². The highest BCUT2D eigenvalue weighted by molar-refractivity contribution is 5.99. The Kier molecular flexibility index (Phi) is 4.13. The van der Waals surface area contributed by atoms with Crippen LogP contribution in [0, 0.1) is 0 Å². The predicted octanol–water partition coefficient (Wildman–Crippen LogP) is 3.37.